The van der Waals surface area contributed by atoms with Gasteiger partial charge in [-0.2, -0.15) is 0 Å². The van der Waals surface area contributed by atoms with Crippen molar-refractivity contribution >= 4 is 21.2 Å². The second-order valence-electron chi connectivity index (χ2n) is 4.60. The van der Waals surface area contributed by atoms with Crippen LogP contribution in [0.2, 0.25) is 0 Å². The molecule has 5 heteroatoms. The predicted molar refractivity (Wildman–Crippen MR) is 67.6 cm³/mol. The summed E-state index contributed by atoms with van der Waals surface area (Å²) in [5.41, 5.74) is 5.61. The lowest BCUT2D eigenvalue weighted by Gasteiger charge is -2.20. The van der Waals surface area contributed by atoms with E-state index in [0.29, 0.717) is 12.8 Å². The maximum absolute atomic E-state index is 11.4. The summed E-state index contributed by atoms with van der Waals surface area (Å²) >= 11 is 1.74. The number of nitrogens with two attached hydrogens (primary N) is 1. The molecule has 90 valence electrons. The molecule has 1 fully saturated rings. The van der Waals surface area contributed by atoms with E-state index in [0.717, 1.165) is 6.42 Å². The van der Waals surface area contributed by atoms with E-state index in [2.05, 4.69) is 19.1 Å². The normalized spacial score (nSPS) is 28.4. The molecule has 1 saturated heterocycles. The van der Waals surface area contributed by atoms with Crippen molar-refractivity contribution < 1.29 is 8.42 Å². The molecule has 2 rings (SSSR count). The third-order valence-electron chi connectivity index (χ3n) is 3.01. The summed E-state index contributed by atoms with van der Waals surface area (Å²) in [7, 11) is -2.89. The Hall–Kier alpha value is -0.390. The van der Waals surface area contributed by atoms with Crippen LogP contribution in [0, 0.1) is 0 Å². The van der Waals surface area contributed by atoms with Gasteiger partial charge in [-0.05, 0) is 25.0 Å². The third-order valence-corrected chi connectivity index (χ3v) is 6.08. The Morgan fingerprint density at radius 1 is 1.44 bits per heavy atom. The topological polar surface area (TPSA) is 60.2 Å². The average Bonchev–Trinajstić information content (AvgIpc) is 2.71. The largest absolute Gasteiger partial charge is 0.324 e. The monoisotopic (exact) mass is 259 g/mol. The number of thiophene rings is 1. The fourth-order valence-electron chi connectivity index (χ4n) is 2.13. The number of sulfone groups is 1. The van der Waals surface area contributed by atoms with Crippen molar-refractivity contribution in [2.75, 3.05) is 11.5 Å². The van der Waals surface area contributed by atoms with Gasteiger partial charge in [-0.25, -0.2) is 8.42 Å². The lowest BCUT2D eigenvalue weighted by atomic mass is 9.95. The maximum atomic E-state index is 11.4. The summed E-state index contributed by atoms with van der Waals surface area (Å²) in [4.78, 5) is 2.54. The number of aryl methyl sites for hydroxylation is 1. The van der Waals surface area contributed by atoms with Gasteiger partial charge in [-0.3, -0.25) is 0 Å². The zero-order chi connectivity index (χ0) is 11.8. The summed E-state index contributed by atoms with van der Waals surface area (Å²) in [6.07, 6.45) is 2.31. The van der Waals surface area contributed by atoms with Gasteiger partial charge in [0.25, 0.3) is 0 Å². The van der Waals surface area contributed by atoms with E-state index in [4.69, 9.17) is 5.73 Å². The highest BCUT2D eigenvalue weighted by Crippen LogP contribution is 2.28. The van der Waals surface area contributed by atoms with Gasteiger partial charge in [0.05, 0.1) is 11.5 Å². The van der Waals surface area contributed by atoms with Crippen molar-refractivity contribution in [2.24, 2.45) is 5.73 Å². The van der Waals surface area contributed by atoms with Crippen LogP contribution in [0.15, 0.2) is 12.1 Å². The van der Waals surface area contributed by atoms with Crippen molar-refractivity contribution in [3.63, 3.8) is 0 Å². The van der Waals surface area contributed by atoms with Crippen molar-refractivity contribution in [3.05, 3.63) is 21.9 Å². The van der Waals surface area contributed by atoms with Gasteiger partial charge in [0.1, 0.15) is 0 Å². The summed E-state index contributed by atoms with van der Waals surface area (Å²) in [5, 5.41) is 0. The molecule has 0 bridgehead atoms. The lowest BCUT2D eigenvalue weighted by Crippen LogP contribution is -2.43. The average molecular weight is 259 g/mol. The quantitative estimate of drug-likeness (QED) is 0.892. The van der Waals surface area contributed by atoms with E-state index < -0.39 is 15.4 Å². The minimum atomic E-state index is -2.89. The highest BCUT2D eigenvalue weighted by Gasteiger charge is 2.39. The third kappa shape index (κ3) is 2.64. The molecule has 1 aliphatic heterocycles. The van der Waals surface area contributed by atoms with Gasteiger partial charge in [-0.15, -0.1) is 11.3 Å². The fraction of sp³-hybridized carbons (Fsp3) is 0.636. The van der Waals surface area contributed by atoms with Gasteiger partial charge in [0.2, 0.25) is 0 Å². The minimum absolute atomic E-state index is 0.138. The second-order valence-corrected chi connectivity index (χ2v) is 8.04. The van der Waals surface area contributed by atoms with E-state index in [1.807, 2.05) is 0 Å². The first-order chi connectivity index (χ1) is 7.42. The Balaban J connectivity index is 2.10. The molecule has 3 nitrogen and oxygen atoms in total. The smallest absolute Gasteiger partial charge is 0.152 e. The van der Waals surface area contributed by atoms with E-state index in [-0.39, 0.29) is 11.5 Å². The standard InChI is InChI=1S/C11H17NO2S2/c1-2-9-3-4-10(15-9)7-11(12)5-6-16(13,14)8-11/h3-4H,2,5-8,12H2,1H3. The van der Waals surface area contributed by atoms with Crippen LogP contribution in [0.3, 0.4) is 0 Å². The Kier molecular flexibility index (Phi) is 3.11. The first kappa shape index (κ1) is 12.1. The molecule has 0 aliphatic carbocycles. The fourth-order valence-corrected chi connectivity index (χ4v) is 5.23. The summed E-state index contributed by atoms with van der Waals surface area (Å²) < 4.78 is 22.8. The predicted octanol–water partition coefficient (Wildman–Crippen LogP) is 1.37. The van der Waals surface area contributed by atoms with E-state index in [1.54, 1.807) is 11.3 Å². The molecule has 1 aliphatic rings. The molecule has 0 aromatic carbocycles. The zero-order valence-corrected chi connectivity index (χ0v) is 11.0. The Morgan fingerprint density at radius 2 is 2.12 bits per heavy atom. The molecular formula is C11H17NO2S2. The highest BCUT2D eigenvalue weighted by molar-refractivity contribution is 7.91. The van der Waals surface area contributed by atoms with Crippen LogP contribution in [-0.2, 0) is 22.7 Å². The summed E-state index contributed by atoms with van der Waals surface area (Å²) in [6.45, 7) is 2.12. The molecule has 0 amide bonds. The second kappa shape index (κ2) is 4.13. The number of rotatable bonds is 3. The molecule has 1 aromatic rings. The molecule has 0 saturated carbocycles. The van der Waals surface area contributed by atoms with Gasteiger partial charge in [0.15, 0.2) is 9.84 Å². The van der Waals surface area contributed by atoms with Crippen molar-refractivity contribution in [2.45, 2.75) is 31.7 Å². The maximum Gasteiger partial charge on any atom is 0.152 e. The molecule has 1 atom stereocenters. The molecule has 2 heterocycles. The summed E-state index contributed by atoms with van der Waals surface area (Å²) in [5.74, 6) is 0.384. The van der Waals surface area contributed by atoms with Crippen LogP contribution in [0.25, 0.3) is 0 Å². The minimum Gasteiger partial charge on any atom is -0.324 e. The van der Waals surface area contributed by atoms with E-state index in [9.17, 15) is 8.42 Å². The van der Waals surface area contributed by atoms with Crippen molar-refractivity contribution in [1.29, 1.82) is 0 Å². The molecule has 0 radical (unpaired) electrons. The first-order valence-corrected chi connectivity index (χ1v) is 8.13. The van der Waals surface area contributed by atoms with Crippen LogP contribution in [0.5, 0.6) is 0 Å². The Bertz CT molecular complexity index is 478. The molecule has 2 N–H and O–H groups in total. The van der Waals surface area contributed by atoms with Gasteiger partial charge < -0.3 is 5.73 Å². The van der Waals surface area contributed by atoms with Crippen LogP contribution in [0.4, 0.5) is 0 Å². The molecule has 1 unspecified atom stereocenters. The number of hydrogen-bond acceptors (Lipinski definition) is 4. The summed E-state index contributed by atoms with van der Waals surface area (Å²) in [6, 6.07) is 4.18. The van der Waals surface area contributed by atoms with Gasteiger partial charge in [-0.1, -0.05) is 6.92 Å². The molecule has 16 heavy (non-hydrogen) atoms. The van der Waals surface area contributed by atoms with Crippen LogP contribution in [-0.4, -0.2) is 25.5 Å². The molecule has 1 aromatic heterocycles. The Labute approximate surface area is 101 Å². The van der Waals surface area contributed by atoms with Gasteiger partial charge >= 0.3 is 0 Å². The SMILES string of the molecule is CCc1ccc(CC2(N)CCS(=O)(=O)C2)s1. The zero-order valence-electron chi connectivity index (χ0n) is 9.40. The van der Waals surface area contributed by atoms with Crippen molar-refractivity contribution in [3.8, 4) is 0 Å². The van der Waals surface area contributed by atoms with Crippen LogP contribution < -0.4 is 5.73 Å². The first-order valence-electron chi connectivity index (χ1n) is 5.49. The van der Waals surface area contributed by atoms with Crippen LogP contribution in [0.1, 0.15) is 23.1 Å². The van der Waals surface area contributed by atoms with E-state index >= 15 is 0 Å². The van der Waals surface area contributed by atoms with Crippen LogP contribution >= 0.6 is 11.3 Å². The lowest BCUT2D eigenvalue weighted by molar-refractivity contribution is 0.480. The van der Waals surface area contributed by atoms with Crippen molar-refractivity contribution in [1.82, 2.24) is 0 Å². The molecular weight excluding hydrogens is 242 g/mol. The highest BCUT2D eigenvalue weighted by atomic mass is 32.2. The Morgan fingerprint density at radius 3 is 2.62 bits per heavy atom. The van der Waals surface area contributed by atoms with E-state index in [1.165, 1.54) is 9.75 Å². The van der Waals surface area contributed by atoms with Gasteiger partial charge in [0, 0.05) is 21.7 Å². The number of hydrogen-bond donors (Lipinski definition) is 1. The molecule has 0 spiro atoms.